The molecule has 0 fully saturated rings. The maximum atomic E-state index is 12.1. The quantitative estimate of drug-likeness (QED) is 0.391. The number of likely N-dealkylation sites (N-methyl/N-ethyl adjacent to an activating group) is 1. The van der Waals surface area contributed by atoms with E-state index >= 15 is 0 Å². The van der Waals surface area contributed by atoms with Crippen LogP contribution in [0.15, 0.2) is 30.3 Å². The van der Waals surface area contributed by atoms with E-state index in [2.05, 4.69) is 21.0 Å². The summed E-state index contributed by atoms with van der Waals surface area (Å²) < 4.78 is 0.789. The molecule has 0 unspecified atom stereocenters. The summed E-state index contributed by atoms with van der Waals surface area (Å²) in [5, 5.41) is 0. The van der Waals surface area contributed by atoms with Gasteiger partial charge in [0.15, 0.2) is 0 Å². The van der Waals surface area contributed by atoms with Gasteiger partial charge >= 0.3 is 0 Å². The van der Waals surface area contributed by atoms with Crippen molar-refractivity contribution in [2.75, 3.05) is 27.2 Å². The number of hydrogen-bond donors (Lipinski definition) is 0. The van der Waals surface area contributed by atoms with E-state index in [4.69, 9.17) is 0 Å². The van der Waals surface area contributed by atoms with Crippen molar-refractivity contribution in [3.8, 4) is 0 Å². The molecule has 0 radical (unpaired) electrons. The van der Waals surface area contributed by atoms with Gasteiger partial charge in [0.2, 0.25) is 5.78 Å². The summed E-state index contributed by atoms with van der Waals surface area (Å²) >= 11 is 0. The molecule has 0 saturated carbocycles. The van der Waals surface area contributed by atoms with Gasteiger partial charge in [0.25, 0.3) is 0 Å². The zero-order valence-corrected chi connectivity index (χ0v) is 12.0. The molecule has 1 aromatic carbocycles. The van der Waals surface area contributed by atoms with Gasteiger partial charge in [0, 0.05) is 5.56 Å². The summed E-state index contributed by atoms with van der Waals surface area (Å²) in [5.41, 5.74) is 0.831. The SMILES string of the molecule is CCCCCC[N+](C)(C)CC(=O)c1ccccc1. The number of unbranched alkanes of at least 4 members (excludes halogenated alkanes) is 3. The second-order valence-electron chi connectivity index (χ2n) is 5.67. The van der Waals surface area contributed by atoms with Crippen LogP contribution in [-0.4, -0.2) is 37.5 Å². The minimum Gasteiger partial charge on any atom is -0.322 e. The van der Waals surface area contributed by atoms with Crippen LogP contribution in [0.1, 0.15) is 43.0 Å². The lowest BCUT2D eigenvalue weighted by molar-refractivity contribution is -0.882. The molecular formula is C16H26NO+. The third kappa shape index (κ3) is 5.46. The molecule has 0 spiro atoms. The van der Waals surface area contributed by atoms with E-state index in [9.17, 15) is 4.79 Å². The van der Waals surface area contributed by atoms with Gasteiger partial charge in [-0.1, -0.05) is 50.1 Å². The molecule has 0 N–H and O–H groups in total. The fourth-order valence-corrected chi connectivity index (χ4v) is 2.15. The molecule has 100 valence electrons. The Balaban J connectivity index is 2.42. The first-order valence-electron chi connectivity index (χ1n) is 6.95. The summed E-state index contributed by atoms with van der Waals surface area (Å²) in [6.07, 6.45) is 5.05. The van der Waals surface area contributed by atoms with Crippen LogP contribution in [0.5, 0.6) is 0 Å². The van der Waals surface area contributed by atoms with Gasteiger partial charge < -0.3 is 4.48 Å². The minimum absolute atomic E-state index is 0.246. The minimum atomic E-state index is 0.246. The van der Waals surface area contributed by atoms with Gasteiger partial charge in [-0.15, -0.1) is 0 Å². The van der Waals surface area contributed by atoms with Crippen LogP contribution in [-0.2, 0) is 0 Å². The molecule has 0 aliphatic rings. The predicted molar refractivity (Wildman–Crippen MR) is 76.8 cm³/mol. The normalized spacial score (nSPS) is 11.5. The van der Waals surface area contributed by atoms with Crippen LogP contribution >= 0.6 is 0 Å². The Bertz CT molecular complexity index is 357. The Morgan fingerprint density at radius 1 is 1.06 bits per heavy atom. The number of rotatable bonds is 8. The van der Waals surface area contributed by atoms with Crippen molar-refractivity contribution in [1.29, 1.82) is 0 Å². The van der Waals surface area contributed by atoms with Crippen LogP contribution in [0, 0.1) is 0 Å². The smallest absolute Gasteiger partial charge is 0.216 e. The summed E-state index contributed by atoms with van der Waals surface area (Å²) in [6, 6.07) is 9.60. The van der Waals surface area contributed by atoms with Gasteiger partial charge in [-0.25, -0.2) is 0 Å². The van der Waals surface area contributed by atoms with Gasteiger partial charge in [-0.3, -0.25) is 4.79 Å². The predicted octanol–water partition coefficient (Wildman–Crippen LogP) is 3.53. The fraction of sp³-hybridized carbons (Fsp3) is 0.562. The molecule has 1 rings (SSSR count). The zero-order chi connectivity index (χ0) is 13.4. The first kappa shape index (κ1) is 14.9. The molecule has 0 saturated heterocycles. The summed E-state index contributed by atoms with van der Waals surface area (Å²) in [4.78, 5) is 12.1. The van der Waals surface area contributed by atoms with Crippen molar-refractivity contribution in [3.05, 3.63) is 35.9 Å². The lowest BCUT2D eigenvalue weighted by Gasteiger charge is -2.29. The van der Waals surface area contributed by atoms with Crippen LogP contribution in [0.4, 0.5) is 0 Å². The Morgan fingerprint density at radius 2 is 1.72 bits per heavy atom. The summed E-state index contributed by atoms with van der Waals surface area (Å²) in [6.45, 7) is 3.90. The number of nitrogens with zero attached hydrogens (tertiary/aromatic N) is 1. The first-order valence-corrected chi connectivity index (χ1v) is 6.95. The molecule has 2 heteroatoms. The van der Waals surface area contributed by atoms with E-state index in [-0.39, 0.29) is 5.78 Å². The molecule has 2 nitrogen and oxygen atoms in total. The maximum Gasteiger partial charge on any atom is 0.216 e. The van der Waals surface area contributed by atoms with Gasteiger partial charge in [-0.05, 0) is 12.8 Å². The van der Waals surface area contributed by atoms with Crippen LogP contribution in [0.25, 0.3) is 0 Å². The van der Waals surface area contributed by atoms with E-state index in [1.54, 1.807) is 0 Å². The number of hydrogen-bond acceptors (Lipinski definition) is 1. The monoisotopic (exact) mass is 248 g/mol. The topological polar surface area (TPSA) is 17.1 Å². The average molecular weight is 248 g/mol. The van der Waals surface area contributed by atoms with Crippen molar-refractivity contribution in [3.63, 3.8) is 0 Å². The number of carbonyl (C=O) groups is 1. The summed E-state index contributed by atoms with van der Waals surface area (Å²) in [7, 11) is 4.29. The third-order valence-electron chi connectivity index (χ3n) is 3.28. The van der Waals surface area contributed by atoms with Crippen LogP contribution in [0.3, 0.4) is 0 Å². The average Bonchev–Trinajstić information content (AvgIpc) is 2.35. The van der Waals surface area contributed by atoms with Gasteiger partial charge in [0.1, 0.15) is 6.54 Å². The van der Waals surface area contributed by atoms with Crippen molar-refractivity contribution < 1.29 is 9.28 Å². The zero-order valence-electron chi connectivity index (χ0n) is 12.0. The Hall–Kier alpha value is -1.15. The molecule has 0 atom stereocenters. The molecule has 0 aliphatic heterocycles. The molecule has 0 aromatic heterocycles. The van der Waals surface area contributed by atoms with Crippen LogP contribution < -0.4 is 0 Å². The second-order valence-corrected chi connectivity index (χ2v) is 5.67. The van der Waals surface area contributed by atoms with Crippen molar-refractivity contribution >= 4 is 5.78 Å². The first-order chi connectivity index (χ1) is 8.55. The standard InChI is InChI=1S/C16H26NO/c1-4-5-6-10-13-17(2,3)14-16(18)15-11-8-7-9-12-15/h7-9,11-12H,4-6,10,13-14H2,1-3H3/q+1. The van der Waals surface area contributed by atoms with Gasteiger partial charge in [0.05, 0.1) is 20.6 Å². The second kappa shape index (κ2) is 7.32. The number of carbonyl (C=O) groups excluding carboxylic acids is 1. The lowest BCUT2D eigenvalue weighted by atomic mass is 10.1. The molecule has 0 aliphatic carbocycles. The molecule has 0 amide bonds. The lowest BCUT2D eigenvalue weighted by Crippen LogP contribution is -2.44. The molecule has 18 heavy (non-hydrogen) atoms. The molecule has 1 aromatic rings. The highest BCUT2D eigenvalue weighted by Gasteiger charge is 2.20. The van der Waals surface area contributed by atoms with Gasteiger partial charge in [-0.2, -0.15) is 0 Å². The van der Waals surface area contributed by atoms with Crippen molar-refractivity contribution in [2.24, 2.45) is 0 Å². The maximum absolute atomic E-state index is 12.1. The number of Topliss-reactive ketones (excluding diaryl/α,β-unsaturated/α-hetero) is 1. The number of quaternary nitrogens is 1. The Labute approximate surface area is 111 Å². The highest BCUT2D eigenvalue weighted by Crippen LogP contribution is 2.08. The fourth-order valence-electron chi connectivity index (χ4n) is 2.15. The number of ketones is 1. The van der Waals surface area contributed by atoms with E-state index in [1.807, 2.05) is 30.3 Å². The molecular weight excluding hydrogens is 222 g/mol. The highest BCUT2D eigenvalue weighted by atomic mass is 16.1. The Morgan fingerprint density at radius 3 is 2.33 bits per heavy atom. The summed E-state index contributed by atoms with van der Waals surface area (Å²) in [5.74, 6) is 0.246. The van der Waals surface area contributed by atoms with E-state index in [1.165, 1.54) is 25.7 Å². The van der Waals surface area contributed by atoms with E-state index < -0.39 is 0 Å². The highest BCUT2D eigenvalue weighted by molar-refractivity contribution is 5.96. The third-order valence-corrected chi connectivity index (χ3v) is 3.28. The largest absolute Gasteiger partial charge is 0.322 e. The van der Waals surface area contributed by atoms with E-state index in [0.717, 1.165) is 16.6 Å². The van der Waals surface area contributed by atoms with Crippen molar-refractivity contribution in [1.82, 2.24) is 0 Å². The molecule has 0 heterocycles. The molecule has 0 bridgehead atoms. The number of benzene rings is 1. The van der Waals surface area contributed by atoms with Crippen molar-refractivity contribution in [2.45, 2.75) is 32.6 Å². The van der Waals surface area contributed by atoms with E-state index in [0.29, 0.717) is 6.54 Å². The van der Waals surface area contributed by atoms with Crippen LogP contribution in [0.2, 0.25) is 0 Å². The Kier molecular flexibility index (Phi) is 6.06.